The molecule has 0 saturated heterocycles. The summed E-state index contributed by atoms with van der Waals surface area (Å²) in [5, 5.41) is 10.1. The third kappa shape index (κ3) is 5.21. The standard InChI is InChI=1S/C15H26O3/c1-3-7-13(10-12-8-5-6-9-12)14(16)11-15(17)18-4-2/h3,12-14,16H,1,4-11H2,2H3. The van der Waals surface area contributed by atoms with Crippen molar-refractivity contribution in [1.29, 1.82) is 0 Å². The Morgan fingerprint density at radius 2 is 2.17 bits per heavy atom. The molecule has 0 bridgehead atoms. The van der Waals surface area contributed by atoms with Gasteiger partial charge in [0.15, 0.2) is 0 Å². The Balaban J connectivity index is 2.42. The quantitative estimate of drug-likeness (QED) is 0.535. The summed E-state index contributed by atoms with van der Waals surface area (Å²) in [6.07, 6.45) is 8.28. The summed E-state index contributed by atoms with van der Waals surface area (Å²) in [7, 11) is 0. The number of esters is 1. The Kier molecular flexibility index (Phi) is 7.02. The monoisotopic (exact) mass is 254 g/mol. The van der Waals surface area contributed by atoms with E-state index in [1.54, 1.807) is 6.92 Å². The van der Waals surface area contributed by atoms with Crippen LogP contribution in [0.4, 0.5) is 0 Å². The smallest absolute Gasteiger partial charge is 0.308 e. The van der Waals surface area contributed by atoms with Crippen LogP contribution in [-0.4, -0.2) is 23.8 Å². The van der Waals surface area contributed by atoms with Crippen LogP contribution in [0.2, 0.25) is 0 Å². The largest absolute Gasteiger partial charge is 0.466 e. The number of allylic oxidation sites excluding steroid dienone is 1. The molecule has 3 nitrogen and oxygen atoms in total. The van der Waals surface area contributed by atoms with Gasteiger partial charge in [-0.05, 0) is 31.6 Å². The van der Waals surface area contributed by atoms with Crippen molar-refractivity contribution in [3.63, 3.8) is 0 Å². The molecule has 1 aliphatic carbocycles. The van der Waals surface area contributed by atoms with E-state index in [4.69, 9.17) is 4.74 Å². The summed E-state index contributed by atoms with van der Waals surface area (Å²) in [6.45, 7) is 5.90. The van der Waals surface area contributed by atoms with Crippen molar-refractivity contribution in [2.75, 3.05) is 6.61 Å². The van der Waals surface area contributed by atoms with Gasteiger partial charge in [0.25, 0.3) is 0 Å². The van der Waals surface area contributed by atoms with E-state index in [0.29, 0.717) is 12.5 Å². The number of carbonyl (C=O) groups excluding carboxylic acids is 1. The molecular weight excluding hydrogens is 228 g/mol. The van der Waals surface area contributed by atoms with E-state index in [1.807, 2.05) is 6.08 Å². The first-order valence-electron chi connectivity index (χ1n) is 7.12. The van der Waals surface area contributed by atoms with Crippen molar-refractivity contribution < 1.29 is 14.6 Å². The van der Waals surface area contributed by atoms with E-state index in [1.165, 1.54) is 25.7 Å². The maximum atomic E-state index is 11.4. The highest BCUT2D eigenvalue weighted by Gasteiger charge is 2.26. The Morgan fingerprint density at radius 3 is 2.72 bits per heavy atom. The fraction of sp³-hybridized carbons (Fsp3) is 0.800. The lowest BCUT2D eigenvalue weighted by Gasteiger charge is -2.24. The number of aliphatic hydroxyl groups is 1. The van der Waals surface area contributed by atoms with Crippen LogP contribution in [0.5, 0.6) is 0 Å². The SMILES string of the molecule is C=CCC(CC1CCCC1)C(O)CC(=O)OCC. The zero-order valence-electron chi connectivity index (χ0n) is 11.4. The van der Waals surface area contributed by atoms with Crippen LogP contribution in [0.1, 0.15) is 51.9 Å². The van der Waals surface area contributed by atoms with Crippen LogP contribution in [0.3, 0.4) is 0 Å². The zero-order valence-corrected chi connectivity index (χ0v) is 11.4. The molecule has 3 heteroatoms. The normalized spacial score (nSPS) is 19.4. The van der Waals surface area contributed by atoms with Crippen LogP contribution in [0, 0.1) is 11.8 Å². The minimum absolute atomic E-state index is 0.110. The third-order valence-corrected chi connectivity index (χ3v) is 3.81. The topological polar surface area (TPSA) is 46.5 Å². The third-order valence-electron chi connectivity index (χ3n) is 3.81. The van der Waals surface area contributed by atoms with Crippen molar-refractivity contribution in [2.24, 2.45) is 11.8 Å². The predicted octanol–water partition coefficient (Wildman–Crippen LogP) is 3.07. The number of aliphatic hydroxyl groups excluding tert-OH is 1. The number of hydrogen-bond donors (Lipinski definition) is 1. The predicted molar refractivity (Wildman–Crippen MR) is 72.1 cm³/mol. The second-order valence-corrected chi connectivity index (χ2v) is 5.25. The second-order valence-electron chi connectivity index (χ2n) is 5.25. The minimum Gasteiger partial charge on any atom is -0.466 e. The van der Waals surface area contributed by atoms with Crippen LogP contribution in [0.25, 0.3) is 0 Å². The van der Waals surface area contributed by atoms with Gasteiger partial charge < -0.3 is 9.84 Å². The molecule has 0 radical (unpaired) electrons. The number of ether oxygens (including phenoxy) is 1. The molecule has 1 saturated carbocycles. The summed E-state index contributed by atoms with van der Waals surface area (Å²) in [4.78, 5) is 11.4. The van der Waals surface area contributed by atoms with Crippen LogP contribution < -0.4 is 0 Å². The molecule has 0 aliphatic heterocycles. The molecule has 0 spiro atoms. The van der Waals surface area contributed by atoms with Crippen LogP contribution in [-0.2, 0) is 9.53 Å². The average molecular weight is 254 g/mol. The summed E-state index contributed by atoms with van der Waals surface area (Å²) in [5.74, 6) is 0.562. The highest BCUT2D eigenvalue weighted by atomic mass is 16.5. The highest BCUT2D eigenvalue weighted by Crippen LogP contribution is 2.33. The van der Waals surface area contributed by atoms with Gasteiger partial charge in [0.05, 0.1) is 19.1 Å². The van der Waals surface area contributed by atoms with Gasteiger partial charge in [0.2, 0.25) is 0 Å². The summed E-state index contributed by atoms with van der Waals surface area (Å²) >= 11 is 0. The Hall–Kier alpha value is -0.830. The van der Waals surface area contributed by atoms with Crippen LogP contribution in [0.15, 0.2) is 12.7 Å². The Morgan fingerprint density at radius 1 is 1.50 bits per heavy atom. The van der Waals surface area contributed by atoms with Crippen LogP contribution >= 0.6 is 0 Å². The summed E-state index contributed by atoms with van der Waals surface area (Å²) in [5.41, 5.74) is 0. The minimum atomic E-state index is -0.595. The van der Waals surface area contributed by atoms with Crippen molar-refractivity contribution >= 4 is 5.97 Å². The van der Waals surface area contributed by atoms with Gasteiger partial charge >= 0.3 is 5.97 Å². The lowest BCUT2D eigenvalue weighted by Crippen LogP contribution is -2.26. The molecule has 18 heavy (non-hydrogen) atoms. The molecule has 0 heterocycles. The summed E-state index contributed by atoms with van der Waals surface area (Å²) < 4.78 is 4.89. The number of carbonyl (C=O) groups is 1. The molecule has 0 aromatic rings. The van der Waals surface area contributed by atoms with E-state index < -0.39 is 6.10 Å². The molecule has 0 aromatic heterocycles. The number of rotatable bonds is 8. The van der Waals surface area contributed by atoms with Crippen molar-refractivity contribution in [2.45, 2.75) is 58.0 Å². The van der Waals surface area contributed by atoms with E-state index >= 15 is 0 Å². The fourth-order valence-corrected chi connectivity index (χ4v) is 2.86. The molecule has 2 atom stereocenters. The molecular formula is C15H26O3. The molecule has 1 aliphatic rings. The molecule has 0 aromatic carbocycles. The molecule has 0 amide bonds. The molecule has 1 rings (SSSR count). The number of hydrogen-bond acceptors (Lipinski definition) is 3. The van der Waals surface area contributed by atoms with Gasteiger partial charge in [-0.1, -0.05) is 31.8 Å². The van der Waals surface area contributed by atoms with E-state index in [0.717, 1.165) is 12.8 Å². The lowest BCUT2D eigenvalue weighted by molar-refractivity contribution is -0.146. The van der Waals surface area contributed by atoms with E-state index in [-0.39, 0.29) is 18.3 Å². The van der Waals surface area contributed by atoms with E-state index in [9.17, 15) is 9.90 Å². The second kappa shape index (κ2) is 8.30. The zero-order chi connectivity index (χ0) is 13.4. The van der Waals surface area contributed by atoms with Gasteiger partial charge in [-0.25, -0.2) is 0 Å². The van der Waals surface area contributed by atoms with Gasteiger partial charge in [-0.15, -0.1) is 6.58 Å². The molecule has 1 N–H and O–H groups in total. The molecule has 104 valence electrons. The van der Waals surface area contributed by atoms with E-state index in [2.05, 4.69) is 6.58 Å². The maximum absolute atomic E-state index is 11.4. The summed E-state index contributed by atoms with van der Waals surface area (Å²) in [6, 6.07) is 0. The first-order chi connectivity index (χ1) is 8.67. The Bertz CT molecular complexity index is 256. The first-order valence-corrected chi connectivity index (χ1v) is 7.12. The van der Waals surface area contributed by atoms with Gasteiger partial charge in [-0.3, -0.25) is 4.79 Å². The maximum Gasteiger partial charge on any atom is 0.308 e. The fourth-order valence-electron chi connectivity index (χ4n) is 2.86. The highest BCUT2D eigenvalue weighted by molar-refractivity contribution is 5.69. The van der Waals surface area contributed by atoms with Gasteiger partial charge in [0.1, 0.15) is 0 Å². The molecule has 1 fully saturated rings. The van der Waals surface area contributed by atoms with Crippen molar-refractivity contribution in [3.8, 4) is 0 Å². The first kappa shape index (κ1) is 15.2. The van der Waals surface area contributed by atoms with Gasteiger partial charge in [-0.2, -0.15) is 0 Å². The Labute approximate surface area is 110 Å². The van der Waals surface area contributed by atoms with Crippen molar-refractivity contribution in [3.05, 3.63) is 12.7 Å². The lowest BCUT2D eigenvalue weighted by atomic mass is 9.86. The average Bonchev–Trinajstić information content (AvgIpc) is 2.81. The van der Waals surface area contributed by atoms with Gasteiger partial charge in [0, 0.05) is 0 Å². The van der Waals surface area contributed by atoms with Crippen molar-refractivity contribution in [1.82, 2.24) is 0 Å². The molecule has 2 unspecified atom stereocenters.